The minimum absolute atomic E-state index is 0.0440. The number of imidazole rings is 1. The largest absolute Gasteiger partial charge is 0.337 e. The molecule has 0 radical (unpaired) electrons. The van der Waals surface area contributed by atoms with Gasteiger partial charge in [-0.05, 0) is 55.0 Å². The summed E-state index contributed by atoms with van der Waals surface area (Å²) >= 11 is 3.19. The summed E-state index contributed by atoms with van der Waals surface area (Å²) in [5.74, 6) is -0.0440. The fourth-order valence-corrected chi connectivity index (χ4v) is 5.03. The van der Waals surface area contributed by atoms with Gasteiger partial charge in [0.15, 0.2) is 5.13 Å². The number of fused-ring (bicyclic) bond motifs is 1. The highest BCUT2D eigenvalue weighted by Crippen LogP contribution is 2.32. The standard InChI is InChI=1S/C22H22N4OS2/c1-16-13-17(2)21-19(14-16)29-22(24-21)26(10-4-9-25-11-8-23-15-25)20(27)7-6-18-5-3-12-28-18/h3,5-8,11-15H,4,9-10H2,1-2H3. The number of thiazole rings is 1. The molecular weight excluding hydrogens is 400 g/mol. The predicted molar refractivity (Wildman–Crippen MR) is 122 cm³/mol. The molecular formula is C22H22N4OS2. The van der Waals surface area contributed by atoms with Crippen molar-refractivity contribution < 1.29 is 4.79 Å². The summed E-state index contributed by atoms with van der Waals surface area (Å²) in [5, 5.41) is 2.76. The van der Waals surface area contributed by atoms with Crippen molar-refractivity contribution in [2.24, 2.45) is 0 Å². The molecule has 148 valence electrons. The van der Waals surface area contributed by atoms with E-state index in [2.05, 4.69) is 31.0 Å². The smallest absolute Gasteiger partial charge is 0.252 e. The highest BCUT2D eigenvalue weighted by Gasteiger charge is 2.18. The third-order valence-corrected chi connectivity index (χ3v) is 6.47. The molecule has 29 heavy (non-hydrogen) atoms. The van der Waals surface area contributed by atoms with Crippen molar-refractivity contribution in [2.75, 3.05) is 11.4 Å². The molecule has 0 saturated carbocycles. The molecule has 0 unspecified atom stereocenters. The van der Waals surface area contributed by atoms with E-state index in [4.69, 9.17) is 4.98 Å². The number of thiophene rings is 1. The van der Waals surface area contributed by atoms with Crippen LogP contribution in [0.5, 0.6) is 0 Å². The van der Waals surface area contributed by atoms with E-state index in [1.54, 1.807) is 46.2 Å². The van der Waals surface area contributed by atoms with Crippen molar-refractivity contribution in [1.29, 1.82) is 0 Å². The van der Waals surface area contributed by atoms with Crippen LogP contribution in [-0.2, 0) is 11.3 Å². The van der Waals surface area contributed by atoms with E-state index in [-0.39, 0.29) is 5.91 Å². The molecule has 1 aromatic carbocycles. The van der Waals surface area contributed by atoms with Gasteiger partial charge in [-0.25, -0.2) is 9.97 Å². The summed E-state index contributed by atoms with van der Waals surface area (Å²) < 4.78 is 3.14. The highest BCUT2D eigenvalue weighted by molar-refractivity contribution is 7.22. The summed E-state index contributed by atoms with van der Waals surface area (Å²) in [6.07, 6.45) is 9.85. The summed E-state index contributed by atoms with van der Waals surface area (Å²) in [6, 6.07) is 8.25. The minimum Gasteiger partial charge on any atom is -0.337 e. The second-order valence-electron chi connectivity index (χ2n) is 6.92. The first-order valence-corrected chi connectivity index (χ1v) is 11.2. The lowest BCUT2D eigenvalue weighted by molar-refractivity contribution is -0.114. The SMILES string of the molecule is Cc1cc(C)c2nc(N(CCCn3ccnc3)C(=O)C=Cc3cccs3)sc2c1. The Morgan fingerprint density at radius 2 is 2.21 bits per heavy atom. The van der Waals surface area contributed by atoms with Gasteiger partial charge in [-0.1, -0.05) is 23.5 Å². The van der Waals surface area contributed by atoms with Gasteiger partial charge in [0, 0.05) is 36.4 Å². The Bertz CT molecular complexity index is 1130. The molecule has 0 atom stereocenters. The normalized spacial score (nSPS) is 11.5. The number of anilines is 1. The molecule has 5 nitrogen and oxygen atoms in total. The number of carbonyl (C=O) groups is 1. The Hall–Kier alpha value is -2.77. The molecule has 7 heteroatoms. The van der Waals surface area contributed by atoms with Crippen LogP contribution in [-0.4, -0.2) is 27.0 Å². The van der Waals surface area contributed by atoms with Crippen molar-refractivity contribution in [3.63, 3.8) is 0 Å². The lowest BCUT2D eigenvalue weighted by Crippen LogP contribution is -2.30. The van der Waals surface area contributed by atoms with Gasteiger partial charge in [0.2, 0.25) is 0 Å². The number of hydrogen-bond donors (Lipinski definition) is 0. The van der Waals surface area contributed by atoms with Crippen molar-refractivity contribution in [2.45, 2.75) is 26.8 Å². The Morgan fingerprint density at radius 3 is 2.97 bits per heavy atom. The van der Waals surface area contributed by atoms with E-state index >= 15 is 0 Å². The van der Waals surface area contributed by atoms with E-state index in [9.17, 15) is 4.79 Å². The Kier molecular flexibility index (Phi) is 5.87. The van der Waals surface area contributed by atoms with Crippen LogP contribution in [0.2, 0.25) is 0 Å². The van der Waals surface area contributed by atoms with Gasteiger partial charge in [-0.15, -0.1) is 11.3 Å². The number of aryl methyl sites for hydroxylation is 3. The van der Waals surface area contributed by atoms with Gasteiger partial charge in [0.25, 0.3) is 5.91 Å². The van der Waals surface area contributed by atoms with Crippen molar-refractivity contribution >= 4 is 50.0 Å². The van der Waals surface area contributed by atoms with Gasteiger partial charge >= 0.3 is 0 Å². The fourth-order valence-electron chi connectivity index (χ4n) is 3.23. The third-order valence-electron chi connectivity index (χ3n) is 4.61. The van der Waals surface area contributed by atoms with Crippen molar-refractivity contribution in [1.82, 2.24) is 14.5 Å². The van der Waals surface area contributed by atoms with Crippen LogP contribution in [0.15, 0.2) is 54.4 Å². The van der Waals surface area contributed by atoms with Crippen LogP contribution >= 0.6 is 22.7 Å². The summed E-state index contributed by atoms with van der Waals surface area (Å²) in [7, 11) is 0. The first-order valence-electron chi connectivity index (χ1n) is 9.47. The summed E-state index contributed by atoms with van der Waals surface area (Å²) in [5.41, 5.74) is 3.33. The van der Waals surface area contributed by atoms with Crippen molar-refractivity contribution in [3.05, 3.63) is 70.4 Å². The topological polar surface area (TPSA) is 51.0 Å². The van der Waals surface area contributed by atoms with Gasteiger partial charge in [-0.3, -0.25) is 9.69 Å². The second kappa shape index (κ2) is 8.71. The summed E-state index contributed by atoms with van der Waals surface area (Å²) in [6.45, 7) is 5.56. The molecule has 4 aromatic rings. The first kappa shape index (κ1) is 19.5. The molecule has 3 heterocycles. The van der Waals surface area contributed by atoms with E-state index in [1.807, 2.05) is 34.4 Å². The van der Waals surface area contributed by atoms with Crippen molar-refractivity contribution in [3.8, 4) is 0 Å². The number of hydrogen-bond acceptors (Lipinski definition) is 5. The maximum Gasteiger partial charge on any atom is 0.252 e. The third kappa shape index (κ3) is 4.63. The highest BCUT2D eigenvalue weighted by atomic mass is 32.1. The maximum atomic E-state index is 13.1. The fraction of sp³-hybridized carbons (Fsp3) is 0.227. The number of aromatic nitrogens is 3. The lowest BCUT2D eigenvalue weighted by Gasteiger charge is -2.18. The van der Waals surface area contributed by atoms with E-state index in [0.717, 1.165) is 38.8 Å². The maximum absolute atomic E-state index is 13.1. The average molecular weight is 423 g/mol. The lowest BCUT2D eigenvalue weighted by atomic mass is 10.1. The molecule has 0 aliphatic rings. The van der Waals surface area contributed by atoms with E-state index < -0.39 is 0 Å². The zero-order chi connectivity index (χ0) is 20.2. The van der Waals surface area contributed by atoms with Gasteiger partial charge in [0.05, 0.1) is 16.5 Å². The molecule has 3 aromatic heterocycles. The number of amides is 1. The number of rotatable bonds is 7. The molecule has 0 aliphatic heterocycles. The molecule has 4 rings (SSSR count). The van der Waals surface area contributed by atoms with Crippen LogP contribution in [0.3, 0.4) is 0 Å². The molecule has 0 saturated heterocycles. The van der Waals surface area contributed by atoms with Crippen LogP contribution in [0.1, 0.15) is 22.4 Å². The minimum atomic E-state index is -0.0440. The monoisotopic (exact) mass is 422 g/mol. The molecule has 0 N–H and O–H groups in total. The zero-order valence-corrected chi connectivity index (χ0v) is 18.0. The molecule has 0 fully saturated rings. The van der Waals surface area contributed by atoms with E-state index in [0.29, 0.717) is 6.54 Å². The zero-order valence-electron chi connectivity index (χ0n) is 16.4. The second-order valence-corrected chi connectivity index (χ2v) is 8.91. The molecule has 1 amide bonds. The predicted octanol–water partition coefficient (Wildman–Crippen LogP) is 5.31. The van der Waals surface area contributed by atoms with Gasteiger partial charge < -0.3 is 4.57 Å². The van der Waals surface area contributed by atoms with Gasteiger partial charge in [-0.2, -0.15) is 0 Å². The summed E-state index contributed by atoms with van der Waals surface area (Å²) in [4.78, 5) is 24.8. The van der Waals surface area contributed by atoms with E-state index in [1.165, 1.54) is 5.56 Å². The van der Waals surface area contributed by atoms with Crippen LogP contribution < -0.4 is 4.90 Å². The average Bonchev–Trinajstić information content (AvgIpc) is 3.44. The molecule has 0 bridgehead atoms. The van der Waals surface area contributed by atoms with Crippen LogP contribution in [0, 0.1) is 13.8 Å². The van der Waals surface area contributed by atoms with Crippen LogP contribution in [0.4, 0.5) is 5.13 Å². The first-order chi connectivity index (χ1) is 14.1. The number of benzene rings is 1. The molecule has 0 spiro atoms. The molecule has 0 aliphatic carbocycles. The Morgan fingerprint density at radius 1 is 1.31 bits per heavy atom. The Labute approximate surface area is 178 Å². The van der Waals surface area contributed by atoms with Gasteiger partial charge in [0.1, 0.15) is 0 Å². The number of nitrogens with zero attached hydrogens (tertiary/aromatic N) is 4. The number of carbonyl (C=O) groups excluding carboxylic acids is 1. The van der Waals surface area contributed by atoms with Crippen LogP contribution in [0.25, 0.3) is 16.3 Å². The quantitative estimate of drug-likeness (QED) is 0.379. The Balaban J connectivity index is 1.59.